The van der Waals surface area contributed by atoms with E-state index in [1.807, 2.05) is 6.92 Å². The number of rotatable bonds is 2. The van der Waals surface area contributed by atoms with E-state index >= 15 is 0 Å². The molecule has 19 heavy (non-hydrogen) atoms. The molecule has 1 aliphatic heterocycles. The van der Waals surface area contributed by atoms with Crippen molar-refractivity contribution in [2.45, 2.75) is 51.0 Å². The molecule has 0 radical (unpaired) electrons. The van der Waals surface area contributed by atoms with Gasteiger partial charge in [0, 0.05) is 14.2 Å². The van der Waals surface area contributed by atoms with Gasteiger partial charge in [-0.05, 0) is 49.8 Å². The highest BCUT2D eigenvalue weighted by Gasteiger charge is 2.59. The van der Waals surface area contributed by atoms with E-state index in [1.165, 1.54) is 14.2 Å². The minimum Gasteiger partial charge on any atom is -0.349 e. The van der Waals surface area contributed by atoms with Gasteiger partial charge in [-0.1, -0.05) is 5.57 Å². The van der Waals surface area contributed by atoms with Crippen molar-refractivity contribution in [1.29, 1.82) is 0 Å². The lowest BCUT2D eigenvalue weighted by Gasteiger charge is -2.52. The Kier molecular flexibility index (Phi) is 4.10. The summed E-state index contributed by atoms with van der Waals surface area (Å²) in [6.45, 7) is 5.42. The lowest BCUT2D eigenvalue weighted by molar-refractivity contribution is -0.441. The quantitative estimate of drug-likeness (QED) is 0.686. The number of Topliss-reactive ketones (excluding diaryl/α,β-unsaturated/α-hetero) is 1. The first-order valence-electron chi connectivity index (χ1n) is 6.13. The molecule has 2 aliphatic rings. The minimum atomic E-state index is -1.12. The van der Waals surface area contributed by atoms with E-state index < -0.39 is 17.7 Å². The molecule has 2 rings (SSSR count). The van der Waals surface area contributed by atoms with Crippen LogP contribution in [0.1, 0.15) is 27.2 Å². The van der Waals surface area contributed by atoms with Gasteiger partial charge in [0.25, 0.3) is 0 Å². The second-order valence-electron chi connectivity index (χ2n) is 5.16. The fourth-order valence-electron chi connectivity index (χ4n) is 2.45. The van der Waals surface area contributed by atoms with Gasteiger partial charge >= 0.3 is 0 Å². The number of fused-ring (bicyclic) bond motifs is 1. The summed E-state index contributed by atoms with van der Waals surface area (Å²) in [4.78, 5) is 12.3. The highest BCUT2D eigenvalue weighted by atomic mass is 127. The molecule has 0 aromatic carbocycles. The molecule has 1 heterocycles. The smallest absolute Gasteiger partial charge is 0.221 e. The summed E-state index contributed by atoms with van der Waals surface area (Å²) in [5, 5.41) is 0. The van der Waals surface area contributed by atoms with Gasteiger partial charge in [-0.15, -0.1) is 0 Å². The Morgan fingerprint density at radius 2 is 1.74 bits per heavy atom. The summed E-state index contributed by atoms with van der Waals surface area (Å²) in [5.41, 5.74) is 1.02. The standard InChI is InChI=1S/C13H19IO5/c1-7-6-8-11(10(15)9(7)14)19-13(3,17-5)12(2,16-4)18-8/h8,11H,6H2,1-5H3/t8-,11+,12+,13+/m1/s1. The van der Waals surface area contributed by atoms with Gasteiger partial charge in [-0.25, -0.2) is 0 Å². The first-order valence-corrected chi connectivity index (χ1v) is 7.21. The molecule has 0 unspecified atom stereocenters. The molecule has 1 saturated heterocycles. The summed E-state index contributed by atoms with van der Waals surface area (Å²) in [5.74, 6) is -2.22. The average molecular weight is 382 g/mol. The molecule has 4 atom stereocenters. The molecule has 6 heteroatoms. The predicted molar refractivity (Wildman–Crippen MR) is 76.9 cm³/mol. The second kappa shape index (κ2) is 5.07. The van der Waals surface area contributed by atoms with Crippen LogP contribution in [0.15, 0.2) is 9.15 Å². The third-order valence-electron chi connectivity index (χ3n) is 4.03. The monoisotopic (exact) mass is 382 g/mol. The number of carbonyl (C=O) groups excluding carboxylic acids is 1. The largest absolute Gasteiger partial charge is 0.349 e. The summed E-state index contributed by atoms with van der Waals surface area (Å²) in [6, 6.07) is 0. The van der Waals surface area contributed by atoms with Crippen molar-refractivity contribution in [3.05, 3.63) is 9.15 Å². The molecular formula is C13H19IO5. The Morgan fingerprint density at radius 1 is 1.21 bits per heavy atom. The maximum absolute atomic E-state index is 12.3. The van der Waals surface area contributed by atoms with Crippen LogP contribution in [0.4, 0.5) is 0 Å². The van der Waals surface area contributed by atoms with Gasteiger partial charge in [0.05, 0.1) is 9.68 Å². The van der Waals surface area contributed by atoms with Gasteiger partial charge < -0.3 is 18.9 Å². The molecule has 5 nitrogen and oxygen atoms in total. The van der Waals surface area contributed by atoms with Gasteiger partial charge in [0.15, 0.2) is 11.9 Å². The Balaban J connectivity index is 2.37. The van der Waals surface area contributed by atoms with E-state index in [-0.39, 0.29) is 11.9 Å². The Morgan fingerprint density at radius 3 is 2.26 bits per heavy atom. The molecule has 0 amide bonds. The molecule has 108 valence electrons. The van der Waals surface area contributed by atoms with Crippen molar-refractivity contribution in [2.24, 2.45) is 0 Å². The Hall–Kier alpha value is -0.0200. The van der Waals surface area contributed by atoms with Gasteiger partial charge in [0.2, 0.25) is 11.6 Å². The second-order valence-corrected chi connectivity index (χ2v) is 6.24. The summed E-state index contributed by atoms with van der Waals surface area (Å²) >= 11 is 2.06. The van der Waals surface area contributed by atoms with Crippen LogP contribution in [0.25, 0.3) is 0 Å². The maximum atomic E-state index is 12.3. The van der Waals surface area contributed by atoms with E-state index in [9.17, 15) is 4.79 Å². The SMILES string of the molecule is CO[C@@]1(C)O[C@@H]2C(=O)C(I)=C(C)C[C@H]2O[C@]1(C)OC. The third kappa shape index (κ3) is 2.27. The van der Waals surface area contributed by atoms with Crippen LogP contribution in [-0.4, -0.2) is 43.8 Å². The van der Waals surface area contributed by atoms with Crippen LogP contribution in [0.5, 0.6) is 0 Å². The molecule has 1 fully saturated rings. The molecule has 0 aromatic heterocycles. The molecular weight excluding hydrogens is 363 g/mol. The minimum absolute atomic E-state index is 0.0456. The highest BCUT2D eigenvalue weighted by Crippen LogP contribution is 2.44. The molecule has 0 spiro atoms. The number of ketones is 1. The van der Waals surface area contributed by atoms with Crippen LogP contribution in [0.3, 0.4) is 0 Å². The van der Waals surface area contributed by atoms with Gasteiger partial charge in [-0.3, -0.25) is 4.79 Å². The average Bonchev–Trinajstić information content (AvgIpc) is 2.39. The van der Waals surface area contributed by atoms with Crippen molar-refractivity contribution in [3.63, 3.8) is 0 Å². The summed E-state index contributed by atoms with van der Waals surface area (Å²) < 4.78 is 23.5. The van der Waals surface area contributed by atoms with Crippen LogP contribution >= 0.6 is 22.6 Å². The predicted octanol–water partition coefficient (Wildman–Crippen LogP) is 2.18. The fraction of sp³-hybridized carbons (Fsp3) is 0.769. The third-order valence-corrected chi connectivity index (χ3v) is 5.48. The van der Waals surface area contributed by atoms with Crippen molar-refractivity contribution in [1.82, 2.24) is 0 Å². The normalized spacial score (nSPS) is 43.4. The molecule has 0 aromatic rings. The fourth-order valence-corrected chi connectivity index (χ4v) is 2.97. The zero-order valence-electron chi connectivity index (χ0n) is 11.8. The lowest BCUT2D eigenvalue weighted by atomic mass is 9.91. The topological polar surface area (TPSA) is 54.0 Å². The van der Waals surface area contributed by atoms with Gasteiger partial charge in [-0.2, -0.15) is 0 Å². The first-order chi connectivity index (χ1) is 8.78. The number of methoxy groups -OCH3 is 2. The summed E-state index contributed by atoms with van der Waals surface area (Å²) in [6.07, 6.45) is -0.309. The molecule has 0 bridgehead atoms. The summed E-state index contributed by atoms with van der Waals surface area (Å²) in [7, 11) is 3.05. The lowest BCUT2D eigenvalue weighted by Crippen LogP contribution is -2.67. The van der Waals surface area contributed by atoms with E-state index in [0.717, 1.165) is 9.15 Å². The van der Waals surface area contributed by atoms with E-state index in [2.05, 4.69) is 22.6 Å². The van der Waals surface area contributed by atoms with Crippen LogP contribution in [-0.2, 0) is 23.7 Å². The zero-order chi connectivity index (χ0) is 14.4. The van der Waals surface area contributed by atoms with Crippen molar-refractivity contribution in [3.8, 4) is 0 Å². The van der Waals surface area contributed by atoms with E-state index in [4.69, 9.17) is 18.9 Å². The van der Waals surface area contributed by atoms with Crippen molar-refractivity contribution < 1.29 is 23.7 Å². The van der Waals surface area contributed by atoms with Crippen molar-refractivity contribution >= 4 is 28.4 Å². The Bertz CT molecular complexity index is 435. The van der Waals surface area contributed by atoms with Crippen LogP contribution in [0.2, 0.25) is 0 Å². The van der Waals surface area contributed by atoms with Crippen LogP contribution in [0, 0.1) is 0 Å². The molecule has 0 saturated carbocycles. The number of carbonyl (C=O) groups is 1. The highest BCUT2D eigenvalue weighted by molar-refractivity contribution is 14.1. The van der Waals surface area contributed by atoms with Crippen LogP contribution < -0.4 is 0 Å². The zero-order valence-corrected chi connectivity index (χ0v) is 13.9. The van der Waals surface area contributed by atoms with Crippen molar-refractivity contribution in [2.75, 3.05) is 14.2 Å². The molecule has 0 N–H and O–H groups in total. The first kappa shape index (κ1) is 15.4. The molecule has 1 aliphatic carbocycles. The Labute approximate surface area is 126 Å². The number of halogens is 1. The van der Waals surface area contributed by atoms with E-state index in [0.29, 0.717) is 6.42 Å². The number of hydrogen-bond acceptors (Lipinski definition) is 5. The maximum Gasteiger partial charge on any atom is 0.221 e. The van der Waals surface area contributed by atoms with Gasteiger partial charge in [0.1, 0.15) is 0 Å². The number of hydrogen-bond donors (Lipinski definition) is 0. The van der Waals surface area contributed by atoms with E-state index in [1.54, 1.807) is 13.8 Å². The number of ether oxygens (including phenoxy) is 4.